The number of hydrogen-bond donors (Lipinski definition) is 1. The highest BCUT2D eigenvalue weighted by atomic mass is 16.2. The topological polar surface area (TPSA) is 65.5 Å². The van der Waals surface area contributed by atoms with Crippen LogP contribution in [0.15, 0.2) is 24.5 Å². The van der Waals surface area contributed by atoms with Crippen LogP contribution in [0, 0.1) is 0 Å². The Kier molecular flexibility index (Phi) is 4.00. The van der Waals surface area contributed by atoms with Crippen molar-refractivity contribution in [3.63, 3.8) is 0 Å². The van der Waals surface area contributed by atoms with Gasteiger partial charge in [0, 0.05) is 25.2 Å². The second-order valence-electron chi connectivity index (χ2n) is 6.23. The highest BCUT2D eigenvalue weighted by Gasteiger charge is 2.45. The molecule has 2 atom stereocenters. The van der Waals surface area contributed by atoms with Gasteiger partial charge in [-0.15, -0.1) is 0 Å². The molecule has 3 amide bonds. The lowest BCUT2D eigenvalue weighted by Crippen LogP contribution is -2.55. The third kappa shape index (κ3) is 2.65. The van der Waals surface area contributed by atoms with Gasteiger partial charge in [-0.2, -0.15) is 0 Å². The van der Waals surface area contributed by atoms with E-state index in [1.54, 1.807) is 12.4 Å². The van der Waals surface area contributed by atoms with Gasteiger partial charge in [0.15, 0.2) is 0 Å². The summed E-state index contributed by atoms with van der Waals surface area (Å²) in [5.41, 5.74) is 0.827. The van der Waals surface area contributed by atoms with Crippen LogP contribution in [0.3, 0.4) is 0 Å². The van der Waals surface area contributed by atoms with Crippen molar-refractivity contribution in [2.45, 2.75) is 51.2 Å². The molecule has 0 bridgehead atoms. The average Bonchev–Trinajstić information content (AvgIpc) is 2.91. The number of urea groups is 1. The molecule has 2 fully saturated rings. The Morgan fingerprint density at radius 2 is 2.18 bits per heavy atom. The van der Waals surface area contributed by atoms with Crippen molar-refractivity contribution in [3.05, 3.63) is 24.5 Å². The number of hydrogen-bond acceptors (Lipinski definition) is 3. The quantitative estimate of drug-likeness (QED) is 0.905. The smallest absolute Gasteiger partial charge is 0.317 e. The Labute approximate surface area is 130 Å². The van der Waals surface area contributed by atoms with Crippen molar-refractivity contribution in [2.75, 3.05) is 11.4 Å². The maximum Gasteiger partial charge on any atom is 0.317 e. The maximum atomic E-state index is 12.4. The van der Waals surface area contributed by atoms with Crippen molar-refractivity contribution < 1.29 is 9.59 Å². The molecule has 3 rings (SSSR count). The molecule has 6 heteroatoms. The Hall–Kier alpha value is -2.11. The minimum absolute atomic E-state index is 0.0250. The highest BCUT2D eigenvalue weighted by molar-refractivity contribution is 5.95. The van der Waals surface area contributed by atoms with E-state index in [0.29, 0.717) is 13.0 Å². The molecule has 1 N–H and O–H groups in total. The van der Waals surface area contributed by atoms with Crippen LogP contribution >= 0.6 is 0 Å². The number of fused-ring (bicyclic) bond motifs is 1. The van der Waals surface area contributed by atoms with Gasteiger partial charge in [0.1, 0.15) is 0 Å². The van der Waals surface area contributed by atoms with Gasteiger partial charge in [-0.05, 0) is 38.8 Å². The van der Waals surface area contributed by atoms with Crippen LogP contribution < -0.4 is 10.2 Å². The minimum Gasteiger partial charge on any atom is -0.336 e. The van der Waals surface area contributed by atoms with E-state index in [1.165, 1.54) is 0 Å². The van der Waals surface area contributed by atoms with E-state index in [0.717, 1.165) is 18.5 Å². The van der Waals surface area contributed by atoms with E-state index < -0.39 is 0 Å². The number of nitrogens with zero attached hydrogens (tertiary/aromatic N) is 3. The predicted octanol–water partition coefficient (Wildman–Crippen LogP) is 1.77. The van der Waals surface area contributed by atoms with Crippen molar-refractivity contribution in [2.24, 2.45) is 0 Å². The number of piperidine rings is 1. The number of rotatable bonds is 2. The first-order chi connectivity index (χ1) is 10.6. The average molecular weight is 302 g/mol. The summed E-state index contributed by atoms with van der Waals surface area (Å²) in [6.45, 7) is 4.60. The lowest BCUT2D eigenvalue weighted by Gasteiger charge is -2.39. The molecule has 0 radical (unpaired) electrons. The lowest BCUT2D eigenvalue weighted by atomic mass is 9.96. The molecule has 2 aliphatic rings. The van der Waals surface area contributed by atoms with E-state index in [-0.39, 0.29) is 30.1 Å². The molecular weight excluding hydrogens is 280 g/mol. The molecule has 0 spiro atoms. The number of pyridine rings is 1. The number of likely N-dealkylation sites (tertiary alicyclic amines) is 1. The summed E-state index contributed by atoms with van der Waals surface area (Å²) < 4.78 is 0. The summed E-state index contributed by atoms with van der Waals surface area (Å²) >= 11 is 0. The number of carbonyl (C=O) groups is 2. The van der Waals surface area contributed by atoms with Gasteiger partial charge in [0.25, 0.3) is 0 Å². The van der Waals surface area contributed by atoms with Gasteiger partial charge in [0.05, 0.1) is 24.0 Å². The summed E-state index contributed by atoms with van der Waals surface area (Å²) in [6.07, 6.45) is 5.45. The molecule has 0 aromatic carbocycles. The third-order valence-corrected chi connectivity index (χ3v) is 4.36. The number of nitrogens with one attached hydrogen (secondary N) is 1. The molecule has 6 nitrogen and oxygen atoms in total. The zero-order chi connectivity index (χ0) is 15.7. The van der Waals surface area contributed by atoms with Crippen molar-refractivity contribution in [3.8, 4) is 0 Å². The van der Waals surface area contributed by atoms with E-state index in [1.807, 2.05) is 35.8 Å². The van der Waals surface area contributed by atoms with Gasteiger partial charge in [-0.25, -0.2) is 4.79 Å². The number of amides is 3. The normalized spacial score (nSPS) is 24.6. The van der Waals surface area contributed by atoms with Gasteiger partial charge < -0.3 is 15.1 Å². The standard InChI is InChI=1S/C16H22N4O2/c1-11(2)18-16(22)19-9-7-14-13(19)5-6-15(21)20(14)12-4-3-8-17-10-12/h3-4,8,10-11,13-14H,5-7,9H2,1-2H3,(H,18,22)/t13-,14-/m1/s1. The van der Waals surface area contributed by atoms with E-state index >= 15 is 0 Å². The summed E-state index contributed by atoms with van der Waals surface area (Å²) in [7, 11) is 0. The Morgan fingerprint density at radius 3 is 2.86 bits per heavy atom. The molecule has 0 aliphatic carbocycles. The van der Waals surface area contributed by atoms with Crippen LogP contribution in [0.5, 0.6) is 0 Å². The zero-order valence-corrected chi connectivity index (χ0v) is 13.0. The van der Waals surface area contributed by atoms with Crippen molar-refractivity contribution >= 4 is 17.6 Å². The summed E-state index contributed by atoms with van der Waals surface area (Å²) in [4.78, 5) is 32.5. The summed E-state index contributed by atoms with van der Waals surface area (Å²) in [6, 6.07) is 3.99. The van der Waals surface area contributed by atoms with Crippen LogP contribution in [0.4, 0.5) is 10.5 Å². The van der Waals surface area contributed by atoms with Gasteiger partial charge in [-0.3, -0.25) is 9.78 Å². The second-order valence-corrected chi connectivity index (χ2v) is 6.23. The number of carbonyl (C=O) groups excluding carboxylic acids is 2. The molecule has 1 aromatic rings. The Balaban J connectivity index is 1.81. The lowest BCUT2D eigenvalue weighted by molar-refractivity contribution is -0.120. The van der Waals surface area contributed by atoms with Gasteiger partial charge in [-0.1, -0.05) is 0 Å². The molecule has 2 saturated heterocycles. The molecular formula is C16H22N4O2. The highest BCUT2D eigenvalue weighted by Crippen LogP contribution is 2.34. The van der Waals surface area contributed by atoms with Crippen LogP contribution in [-0.4, -0.2) is 46.5 Å². The maximum absolute atomic E-state index is 12.4. The molecule has 0 saturated carbocycles. The van der Waals surface area contributed by atoms with Crippen molar-refractivity contribution in [1.29, 1.82) is 0 Å². The largest absolute Gasteiger partial charge is 0.336 e. The first kappa shape index (κ1) is 14.8. The fourth-order valence-electron chi connectivity index (χ4n) is 3.48. The first-order valence-corrected chi connectivity index (χ1v) is 7.87. The molecule has 1 aromatic heterocycles. The fourth-order valence-corrected chi connectivity index (χ4v) is 3.48. The SMILES string of the molecule is CC(C)NC(=O)N1CC[C@@H]2[C@H]1CCC(=O)N2c1cccnc1. The summed E-state index contributed by atoms with van der Waals surface area (Å²) in [5.74, 6) is 0.125. The van der Waals surface area contributed by atoms with E-state index in [2.05, 4.69) is 10.3 Å². The number of anilines is 1. The van der Waals surface area contributed by atoms with Crippen LogP contribution in [-0.2, 0) is 4.79 Å². The minimum atomic E-state index is -0.0250. The van der Waals surface area contributed by atoms with Crippen LogP contribution in [0.1, 0.15) is 33.1 Å². The van der Waals surface area contributed by atoms with Crippen LogP contribution in [0.25, 0.3) is 0 Å². The van der Waals surface area contributed by atoms with Gasteiger partial charge >= 0.3 is 6.03 Å². The van der Waals surface area contributed by atoms with E-state index in [9.17, 15) is 9.59 Å². The Morgan fingerprint density at radius 1 is 1.36 bits per heavy atom. The molecule has 0 unspecified atom stereocenters. The van der Waals surface area contributed by atoms with Crippen LogP contribution in [0.2, 0.25) is 0 Å². The monoisotopic (exact) mass is 302 g/mol. The third-order valence-electron chi connectivity index (χ3n) is 4.36. The summed E-state index contributed by atoms with van der Waals surface area (Å²) in [5, 5.41) is 2.95. The Bertz CT molecular complexity index is 561. The van der Waals surface area contributed by atoms with E-state index in [4.69, 9.17) is 0 Å². The second kappa shape index (κ2) is 5.94. The van der Waals surface area contributed by atoms with Gasteiger partial charge in [0.2, 0.25) is 5.91 Å². The molecule has 118 valence electrons. The molecule has 2 aliphatic heterocycles. The predicted molar refractivity (Wildman–Crippen MR) is 83.5 cm³/mol. The van der Waals surface area contributed by atoms with Crippen molar-refractivity contribution in [1.82, 2.24) is 15.2 Å². The fraction of sp³-hybridized carbons (Fsp3) is 0.562. The first-order valence-electron chi connectivity index (χ1n) is 7.87. The molecule has 22 heavy (non-hydrogen) atoms. The number of aromatic nitrogens is 1. The molecule has 3 heterocycles. The zero-order valence-electron chi connectivity index (χ0n) is 13.0.